The summed E-state index contributed by atoms with van der Waals surface area (Å²) in [5.41, 5.74) is 2.19. The number of ketones is 1. The molecule has 0 atom stereocenters. The van der Waals surface area contributed by atoms with Crippen molar-refractivity contribution < 1.29 is 30.0 Å². The number of benzene rings is 2. The van der Waals surface area contributed by atoms with Crippen molar-refractivity contribution in [2.75, 3.05) is 0 Å². The Morgan fingerprint density at radius 2 is 1.45 bits per heavy atom. The van der Waals surface area contributed by atoms with Crippen LogP contribution in [0, 0.1) is 17.9 Å². The predicted molar refractivity (Wildman–Crippen MR) is 176 cm³/mol. The van der Waals surface area contributed by atoms with Crippen molar-refractivity contribution in [2.45, 2.75) is 92.7 Å². The van der Waals surface area contributed by atoms with E-state index >= 15 is 0 Å². The molecule has 3 aromatic rings. The van der Waals surface area contributed by atoms with Gasteiger partial charge in [-0.3, -0.25) is 9.78 Å². The van der Waals surface area contributed by atoms with E-state index in [0.29, 0.717) is 0 Å². The van der Waals surface area contributed by atoms with Crippen LogP contribution in [0.25, 0.3) is 22.0 Å². The van der Waals surface area contributed by atoms with Crippen molar-refractivity contribution in [2.24, 2.45) is 11.8 Å². The second-order valence-electron chi connectivity index (χ2n) is 12.6. The third-order valence-corrected chi connectivity index (χ3v) is 11.6. The number of fused-ring (bicyclic) bond motifs is 1. The number of nitrogens with zero attached hydrogens (tertiary/aromatic N) is 1. The Hall–Kier alpha value is -1.86. The summed E-state index contributed by atoms with van der Waals surface area (Å²) < 4.78 is 0. The summed E-state index contributed by atoms with van der Waals surface area (Å²) in [5.74, 6) is 0.547. The molecule has 0 saturated heterocycles. The average molecular weight is 753 g/mol. The first-order chi connectivity index (χ1) is 18.3. The number of rotatable bonds is 10. The number of aromatic nitrogens is 1. The molecule has 40 heavy (non-hydrogen) atoms. The second-order valence-corrected chi connectivity index (χ2v) is 22.7. The van der Waals surface area contributed by atoms with Crippen molar-refractivity contribution in [1.29, 1.82) is 0 Å². The SMILES string of the molecule is CCC(CC)C(=O)/C=C(\O)C(CC)CC.C[Si](C)(C)c1ccnc(-c2[c-]c3ccccc3c([Si](C)(C)C)c2)c1.[Ir]. The monoisotopic (exact) mass is 753 g/mol. The molecule has 0 bridgehead atoms. The van der Waals surface area contributed by atoms with Crippen molar-refractivity contribution in [3.05, 3.63) is 66.6 Å². The second kappa shape index (κ2) is 16.0. The van der Waals surface area contributed by atoms with Gasteiger partial charge in [0.25, 0.3) is 0 Å². The van der Waals surface area contributed by atoms with Crippen LogP contribution in [0.3, 0.4) is 0 Å². The Morgan fingerprint density at radius 1 is 0.875 bits per heavy atom. The van der Waals surface area contributed by atoms with Crippen LogP contribution in [-0.4, -0.2) is 32.0 Å². The number of carbonyl (C=O) groups excluding carboxylic acids is 1. The maximum Gasteiger partial charge on any atom is 0.162 e. The molecule has 0 aliphatic heterocycles. The fraction of sp³-hybridized carbons (Fsp3) is 0.471. The average Bonchev–Trinajstić information content (AvgIpc) is 2.89. The number of hydrogen-bond donors (Lipinski definition) is 1. The molecule has 0 amide bonds. The zero-order chi connectivity index (χ0) is 29.4. The van der Waals surface area contributed by atoms with Crippen molar-refractivity contribution in [3.8, 4) is 11.3 Å². The number of carbonyl (C=O) groups is 1. The number of pyridine rings is 1. The van der Waals surface area contributed by atoms with E-state index < -0.39 is 16.1 Å². The van der Waals surface area contributed by atoms with Gasteiger partial charge in [-0.1, -0.05) is 107 Å². The summed E-state index contributed by atoms with van der Waals surface area (Å²) in [5, 5.41) is 15.3. The molecule has 0 fully saturated rings. The molecule has 1 N–H and O–H groups in total. The molecule has 1 radical (unpaired) electrons. The third kappa shape index (κ3) is 9.90. The smallest absolute Gasteiger partial charge is 0.162 e. The molecule has 0 aliphatic carbocycles. The minimum absolute atomic E-state index is 0. The number of aliphatic hydroxyl groups excluding tert-OH is 1. The molecular formula is C34H50IrNO2Si2-. The predicted octanol–water partition coefficient (Wildman–Crippen LogP) is 8.66. The zero-order valence-electron chi connectivity index (χ0n) is 26.3. The largest absolute Gasteiger partial charge is 0.512 e. The van der Waals surface area contributed by atoms with Gasteiger partial charge < -0.3 is 5.11 Å². The van der Waals surface area contributed by atoms with E-state index in [1.54, 1.807) is 0 Å². The Bertz CT molecular complexity index is 1270. The minimum atomic E-state index is -1.45. The van der Waals surface area contributed by atoms with E-state index in [0.717, 1.165) is 36.9 Å². The summed E-state index contributed by atoms with van der Waals surface area (Å²) in [4.78, 5) is 16.4. The van der Waals surface area contributed by atoms with Gasteiger partial charge >= 0.3 is 0 Å². The summed E-state index contributed by atoms with van der Waals surface area (Å²) in [7, 11) is -2.80. The van der Waals surface area contributed by atoms with Gasteiger partial charge in [0.2, 0.25) is 0 Å². The van der Waals surface area contributed by atoms with Gasteiger partial charge in [-0.2, -0.15) is 0 Å². The van der Waals surface area contributed by atoms with Crippen LogP contribution in [0.1, 0.15) is 53.4 Å². The van der Waals surface area contributed by atoms with E-state index in [-0.39, 0.29) is 43.5 Å². The first kappa shape index (κ1) is 36.2. The maximum absolute atomic E-state index is 11.7. The Labute approximate surface area is 259 Å². The molecule has 0 unspecified atom stereocenters. The molecule has 221 valence electrons. The molecule has 2 aromatic carbocycles. The molecule has 1 heterocycles. The number of hydrogen-bond acceptors (Lipinski definition) is 3. The first-order valence-corrected chi connectivity index (χ1v) is 21.6. The van der Waals surface area contributed by atoms with Crippen molar-refractivity contribution in [3.63, 3.8) is 0 Å². The van der Waals surface area contributed by atoms with Gasteiger partial charge in [-0.25, -0.2) is 0 Å². The summed E-state index contributed by atoms with van der Waals surface area (Å²) in [6.07, 6.45) is 6.86. The van der Waals surface area contributed by atoms with Gasteiger partial charge in [0, 0.05) is 49.9 Å². The van der Waals surface area contributed by atoms with Gasteiger partial charge in [0.05, 0.1) is 21.9 Å². The van der Waals surface area contributed by atoms with Crippen LogP contribution >= 0.6 is 0 Å². The van der Waals surface area contributed by atoms with E-state index in [4.69, 9.17) is 0 Å². The van der Waals surface area contributed by atoms with Crippen LogP contribution in [0.5, 0.6) is 0 Å². The van der Waals surface area contributed by atoms with E-state index in [1.807, 2.05) is 33.9 Å². The van der Waals surface area contributed by atoms with Crippen LogP contribution < -0.4 is 10.4 Å². The summed E-state index contributed by atoms with van der Waals surface area (Å²) in [6, 6.07) is 19.0. The zero-order valence-corrected chi connectivity index (χ0v) is 30.7. The van der Waals surface area contributed by atoms with Crippen LogP contribution in [0.15, 0.2) is 60.5 Å². The Balaban J connectivity index is 0.000000437. The summed E-state index contributed by atoms with van der Waals surface area (Å²) >= 11 is 0. The van der Waals surface area contributed by atoms with Crippen LogP contribution in [0.4, 0.5) is 0 Å². The molecule has 3 rings (SSSR count). The normalized spacial score (nSPS) is 12.2. The van der Waals surface area contributed by atoms with Gasteiger partial charge in [-0.05, 0) is 31.7 Å². The fourth-order valence-electron chi connectivity index (χ4n) is 4.81. The van der Waals surface area contributed by atoms with Crippen molar-refractivity contribution >= 4 is 43.1 Å². The van der Waals surface area contributed by atoms with Gasteiger partial charge in [0.15, 0.2) is 5.78 Å². The van der Waals surface area contributed by atoms with Gasteiger partial charge in [0.1, 0.15) is 0 Å². The fourth-order valence-corrected chi connectivity index (χ4v) is 7.56. The van der Waals surface area contributed by atoms with Crippen molar-refractivity contribution in [1.82, 2.24) is 4.98 Å². The topological polar surface area (TPSA) is 50.2 Å². The molecule has 1 aromatic heterocycles. The summed E-state index contributed by atoms with van der Waals surface area (Å²) in [6.45, 7) is 22.4. The minimum Gasteiger partial charge on any atom is -0.512 e. The Morgan fingerprint density at radius 3 is 1.98 bits per heavy atom. The van der Waals surface area contributed by atoms with E-state index in [9.17, 15) is 9.90 Å². The third-order valence-electron chi connectivity index (χ3n) is 7.57. The number of aliphatic hydroxyl groups is 1. The maximum atomic E-state index is 11.7. The van der Waals surface area contributed by atoms with Crippen LogP contribution in [-0.2, 0) is 24.9 Å². The van der Waals surface area contributed by atoms with E-state index in [2.05, 4.69) is 92.8 Å². The molecule has 0 saturated carbocycles. The molecule has 0 aliphatic rings. The van der Waals surface area contributed by atoms with Gasteiger partial charge in [-0.15, -0.1) is 28.8 Å². The molecular weight excluding hydrogens is 703 g/mol. The molecule has 0 spiro atoms. The molecule has 3 nitrogen and oxygen atoms in total. The quantitative estimate of drug-likeness (QED) is 0.0977. The van der Waals surface area contributed by atoms with Crippen LogP contribution in [0.2, 0.25) is 39.3 Å². The first-order valence-electron chi connectivity index (χ1n) is 14.6. The van der Waals surface area contributed by atoms with E-state index in [1.165, 1.54) is 27.2 Å². The molecule has 6 heteroatoms. The standard InChI is InChI=1S/C21H26NSi2.C13H24O2.Ir/c1-23(2,3)18-11-12-22-20(15-18)17-13-16-9-7-8-10-19(16)21(14-17)24(4,5)6;1-5-10(6-2)12(14)9-13(15)11(7-3)8-4;/h7-12,14-15H,1-6H3;9-11,14H,5-8H2,1-4H3;/q-1;;/b;12-9-;. The number of allylic oxidation sites excluding steroid dienone is 2. The Kier molecular flexibility index (Phi) is 14.4.